The molecule has 4 heteroatoms. The predicted molar refractivity (Wildman–Crippen MR) is 126 cm³/mol. The number of rotatable bonds is 11. The average Bonchev–Trinajstić information content (AvgIpc) is 3.23. The van der Waals surface area contributed by atoms with Gasteiger partial charge in [0, 0.05) is 19.4 Å². The molecule has 0 amide bonds. The lowest BCUT2D eigenvalue weighted by Gasteiger charge is -2.42. The standard InChI is InChI=1S/C27H44O4/c1-5-6-7-8-14-26(2,3)22-11-12-23(25(19-22)29-4)24-20-27(30-17-18-31-27)15-13-21(24)10-9-16-28/h11-12,19,21,24,28H,5-10,13-18,20H2,1-4H3/t21-,24-/m1/s1. The third-order valence-electron chi connectivity index (χ3n) is 7.61. The molecule has 3 rings (SSSR count). The van der Waals surface area contributed by atoms with Gasteiger partial charge in [-0.25, -0.2) is 0 Å². The first-order valence-electron chi connectivity index (χ1n) is 12.5. The summed E-state index contributed by atoms with van der Waals surface area (Å²) in [6.45, 7) is 8.61. The minimum Gasteiger partial charge on any atom is -0.496 e. The summed E-state index contributed by atoms with van der Waals surface area (Å²) in [4.78, 5) is 0. The van der Waals surface area contributed by atoms with E-state index in [0.29, 0.717) is 25.0 Å². The summed E-state index contributed by atoms with van der Waals surface area (Å²) >= 11 is 0. The maximum atomic E-state index is 9.42. The predicted octanol–water partition coefficient (Wildman–Crippen LogP) is 6.34. The Hall–Kier alpha value is -1.10. The van der Waals surface area contributed by atoms with E-state index in [1.807, 2.05) is 0 Å². The summed E-state index contributed by atoms with van der Waals surface area (Å²) in [6, 6.07) is 6.89. The van der Waals surface area contributed by atoms with Crippen molar-refractivity contribution in [1.82, 2.24) is 0 Å². The molecule has 2 aliphatic rings. The summed E-state index contributed by atoms with van der Waals surface area (Å²) < 4.78 is 18.1. The van der Waals surface area contributed by atoms with E-state index in [1.54, 1.807) is 7.11 Å². The Morgan fingerprint density at radius 2 is 1.90 bits per heavy atom. The first-order chi connectivity index (χ1) is 14.9. The van der Waals surface area contributed by atoms with Gasteiger partial charge in [-0.05, 0) is 60.1 Å². The summed E-state index contributed by atoms with van der Waals surface area (Å²) in [5.74, 6) is 1.42. The zero-order valence-electron chi connectivity index (χ0n) is 20.3. The second-order valence-corrected chi connectivity index (χ2v) is 10.2. The van der Waals surface area contributed by atoms with Crippen LogP contribution in [-0.4, -0.2) is 37.8 Å². The van der Waals surface area contributed by atoms with Crippen LogP contribution in [0.3, 0.4) is 0 Å². The van der Waals surface area contributed by atoms with Gasteiger partial charge in [0.2, 0.25) is 0 Å². The molecule has 1 aromatic rings. The van der Waals surface area contributed by atoms with Crippen molar-refractivity contribution >= 4 is 0 Å². The zero-order chi connectivity index (χ0) is 22.3. The molecule has 4 nitrogen and oxygen atoms in total. The molecule has 1 aliphatic carbocycles. The molecular weight excluding hydrogens is 388 g/mol. The van der Waals surface area contributed by atoms with Crippen molar-refractivity contribution < 1.29 is 19.3 Å². The van der Waals surface area contributed by atoms with Gasteiger partial charge in [0.1, 0.15) is 5.75 Å². The molecular formula is C27H44O4. The van der Waals surface area contributed by atoms with Crippen LogP contribution in [0, 0.1) is 5.92 Å². The van der Waals surface area contributed by atoms with Crippen molar-refractivity contribution in [1.29, 1.82) is 0 Å². The van der Waals surface area contributed by atoms with Crippen LogP contribution in [0.1, 0.15) is 102 Å². The molecule has 1 saturated heterocycles. The lowest BCUT2D eigenvalue weighted by molar-refractivity contribution is -0.187. The molecule has 176 valence electrons. The van der Waals surface area contributed by atoms with Gasteiger partial charge in [-0.1, -0.05) is 58.6 Å². The zero-order valence-corrected chi connectivity index (χ0v) is 20.3. The smallest absolute Gasteiger partial charge is 0.169 e. The fourth-order valence-electron chi connectivity index (χ4n) is 5.61. The van der Waals surface area contributed by atoms with E-state index in [2.05, 4.69) is 39.0 Å². The van der Waals surface area contributed by atoms with Crippen LogP contribution >= 0.6 is 0 Å². The first-order valence-corrected chi connectivity index (χ1v) is 12.5. The normalized spacial score (nSPS) is 23.4. The fourth-order valence-corrected chi connectivity index (χ4v) is 5.61. The molecule has 2 fully saturated rings. The van der Waals surface area contributed by atoms with Gasteiger partial charge in [-0.2, -0.15) is 0 Å². The molecule has 1 heterocycles. The van der Waals surface area contributed by atoms with Crippen LogP contribution in [0.25, 0.3) is 0 Å². The van der Waals surface area contributed by atoms with Crippen molar-refractivity contribution in [2.45, 2.75) is 102 Å². The Labute approximate surface area is 189 Å². The molecule has 0 aromatic heterocycles. The summed E-state index contributed by atoms with van der Waals surface area (Å²) in [5, 5.41) is 9.42. The Balaban J connectivity index is 1.82. The van der Waals surface area contributed by atoms with Crippen molar-refractivity contribution in [2.24, 2.45) is 5.92 Å². The summed E-state index contributed by atoms with van der Waals surface area (Å²) in [5.41, 5.74) is 2.77. The highest BCUT2D eigenvalue weighted by Gasteiger charge is 2.46. The third kappa shape index (κ3) is 6.03. The average molecular weight is 433 g/mol. The van der Waals surface area contributed by atoms with Gasteiger partial charge in [0.15, 0.2) is 5.79 Å². The van der Waals surface area contributed by atoms with Crippen LogP contribution in [0.4, 0.5) is 0 Å². The monoisotopic (exact) mass is 432 g/mol. The quantitative estimate of drug-likeness (QED) is 0.414. The molecule has 2 atom stereocenters. The Morgan fingerprint density at radius 3 is 2.58 bits per heavy atom. The van der Waals surface area contributed by atoms with Crippen molar-refractivity contribution in [2.75, 3.05) is 26.9 Å². The van der Waals surface area contributed by atoms with E-state index < -0.39 is 5.79 Å². The van der Waals surface area contributed by atoms with Gasteiger partial charge < -0.3 is 19.3 Å². The number of unbranched alkanes of at least 4 members (excludes halogenated alkanes) is 3. The van der Waals surface area contributed by atoms with Gasteiger partial charge >= 0.3 is 0 Å². The second-order valence-electron chi connectivity index (χ2n) is 10.2. The molecule has 1 spiro atoms. The largest absolute Gasteiger partial charge is 0.496 e. The molecule has 0 bridgehead atoms. The number of methoxy groups -OCH3 is 1. The van der Waals surface area contributed by atoms with Gasteiger partial charge in [-0.3, -0.25) is 0 Å². The van der Waals surface area contributed by atoms with Gasteiger partial charge in [-0.15, -0.1) is 0 Å². The number of aliphatic hydroxyl groups excluding tert-OH is 1. The topological polar surface area (TPSA) is 47.9 Å². The Bertz CT molecular complexity index is 678. The van der Waals surface area contributed by atoms with Crippen molar-refractivity contribution in [3.05, 3.63) is 29.3 Å². The van der Waals surface area contributed by atoms with Crippen LogP contribution in [0.15, 0.2) is 18.2 Å². The van der Waals surface area contributed by atoms with Gasteiger partial charge in [0.05, 0.1) is 20.3 Å². The second kappa shape index (κ2) is 11.2. The van der Waals surface area contributed by atoms with Crippen LogP contribution < -0.4 is 4.74 Å². The molecule has 1 saturated carbocycles. The van der Waals surface area contributed by atoms with E-state index in [4.69, 9.17) is 14.2 Å². The number of benzene rings is 1. The van der Waals surface area contributed by atoms with E-state index in [9.17, 15) is 5.11 Å². The molecule has 1 aromatic carbocycles. The highest BCUT2D eigenvalue weighted by molar-refractivity contribution is 5.43. The van der Waals surface area contributed by atoms with Crippen LogP contribution in [0.5, 0.6) is 5.75 Å². The lowest BCUT2D eigenvalue weighted by atomic mass is 9.70. The number of aliphatic hydroxyl groups is 1. The van der Waals surface area contributed by atoms with Crippen LogP contribution in [-0.2, 0) is 14.9 Å². The minimum absolute atomic E-state index is 0.140. The van der Waals surface area contributed by atoms with Gasteiger partial charge in [0.25, 0.3) is 0 Å². The maximum absolute atomic E-state index is 9.42. The Morgan fingerprint density at radius 1 is 1.13 bits per heavy atom. The number of hydrogen-bond acceptors (Lipinski definition) is 4. The van der Waals surface area contributed by atoms with Crippen LogP contribution in [0.2, 0.25) is 0 Å². The fraction of sp³-hybridized carbons (Fsp3) is 0.778. The van der Waals surface area contributed by atoms with E-state index in [-0.39, 0.29) is 12.0 Å². The van der Waals surface area contributed by atoms with E-state index >= 15 is 0 Å². The number of ether oxygens (including phenoxy) is 3. The lowest BCUT2D eigenvalue weighted by Crippen LogP contribution is -2.39. The molecule has 1 N–H and O–H groups in total. The summed E-state index contributed by atoms with van der Waals surface area (Å²) in [6.07, 6.45) is 11.1. The molecule has 31 heavy (non-hydrogen) atoms. The van der Waals surface area contributed by atoms with E-state index in [0.717, 1.165) is 37.9 Å². The van der Waals surface area contributed by atoms with Crippen molar-refractivity contribution in [3.8, 4) is 5.75 Å². The maximum Gasteiger partial charge on any atom is 0.169 e. The summed E-state index contributed by atoms with van der Waals surface area (Å²) in [7, 11) is 1.79. The third-order valence-corrected chi connectivity index (χ3v) is 7.61. The number of hydrogen-bond donors (Lipinski definition) is 1. The highest BCUT2D eigenvalue weighted by atomic mass is 16.7. The van der Waals surface area contributed by atoms with E-state index in [1.165, 1.54) is 43.2 Å². The highest BCUT2D eigenvalue weighted by Crippen LogP contribution is 2.50. The first kappa shape index (κ1) is 24.5. The molecule has 0 radical (unpaired) electrons. The Kier molecular flexibility index (Phi) is 8.83. The molecule has 0 unspecified atom stereocenters. The minimum atomic E-state index is -0.428. The van der Waals surface area contributed by atoms with Crippen molar-refractivity contribution in [3.63, 3.8) is 0 Å². The molecule has 1 aliphatic heterocycles. The SMILES string of the molecule is CCCCCCC(C)(C)c1ccc([C@@H]2CC3(CC[C@H]2CCCO)OCCO3)c(OC)c1.